The van der Waals surface area contributed by atoms with Crippen LogP contribution >= 0.6 is 0 Å². The van der Waals surface area contributed by atoms with Crippen molar-refractivity contribution in [1.29, 1.82) is 0 Å². The highest BCUT2D eigenvalue weighted by atomic mass is 32.2. The monoisotopic (exact) mass is 372 g/mol. The van der Waals surface area contributed by atoms with Crippen molar-refractivity contribution < 1.29 is 31.6 Å². The normalized spacial score (nSPS) is 15.0. The van der Waals surface area contributed by atoms with Crippen LogP contribution in [0.5, 0.6) is 11.5 Å². The third-order valence-electron chi connectivity index (χ3n) is 3.34. The van der Waals surface area contributed by atoms with Gasteiger partial charge >= 0.3 is 6.29 Å². The zero-order valence-electron chi connectivity index (χ0n) is 12.5. The first-order valence-electron chi connectivity index (χ1n) is 6.75. The average molecular weight is 372 g/mol. The summed E-state index contributed by atoms with van der Waals surface area (Å²) in [6.07, 6.45) is -3.82. The van der Waals surface area contributed by atoms with Crippen molar-refractivity contribution in [2.24, 2.45) is 0 Å². The van der Waals surface area contributed by atoms with Gasteiger partial charge in [-0.2, -0.15) is 0 Å². The summed E-state index contributed by atoms with van der Waals surface area (Å²) in [4.78, 5) is 9.90. The number of halogens is 2. The van der Waals surface area contributed by atoms with Crippen molar-refractivity contribution in [3.05, 3.63) is 52.1 Å². The molecule has 0 saturated heterocycles. The molecule has 1 aliphatic heterocycles. The molecule has 0 spiro atoms. The second-order valence-corrected chi connectivity index (χ2v) is 6.82. The molecular weight excluding hydrogens is 362 g/mol. The van der Waals surface area contributed by atoms with Crippen LogP contribution in [0.3, 0.4) is 0 Å². The van der Waals surface area contributed by atoms with Crippen molar-refractivity contribution in [1.82, 2.24) is 0 Å². The van der Waals surface area contributed by atoms with Gasteiger partial charge in [0.2, 0.25) is 0 Å². The second-order valence-electron chi connectivity index (χ2n) is 5.14. The smallest absolute Gasteiger partial charge is 0.395 e. The number of aryl methyl sites for hydroxylation is 1. The summed E-state index contributed by atoms with van der Waals surface area (Å²) in [6.45, 7) is 1.47. The fourth-order valence-electron chi connectivity index (χ4n) is 2.18. The Balaban J connectivity index is 1.91. The zero-order valence-corrected chi connectivity index (χ0v) is 13.3. The van der Waals surface area contributed by atoms with Gasteiger partial charge in [-0.25, -0.2) is 8.42 Å². The van der Waals surface area contributed by atoms with E-state index in [9.17, 15) is 27.3 Å². The van der Waals surface area contributed by atoms with Crippen molar-refractivity contribution in [3.63, 3.8) is 0 Å². The standard InChI is InChI=1S/C14H10F2N2O6S/c1-8-2-4-10(7-11(8)18(19)20)25(21,22)17-9-3-5-12-13(6-9)24-14(15,16)23-12/h2-7,17H,1H3. The molecular formula is C14H10F2N2O6S. The Labute approximate surface area is 140 Å². The van der Waals surface area contributed by atoms with E-state index < -0.39 is 21.2 Å². The van der Waals surface area contributed by atoms with Gasteiger partial charge in [0.25, 0.3) is 15.7 Å². The number of hydrogen-bond donors (Lipinski definition) is 1. The van der Waals surface area contributed by atoms with Gasteiger partial charge in [0.05, 0.1) is 15.5 Å². The summed E-state index contributed by atoms with van der Waals surface area (Å²) in [5.74, 6) is -0.570. The number of nitro benzene ring substituents is 1. The lowest BCUT2D eigenvalue weighted by Crippen LogP contribution is -2.25. The number of benzene rings is 2. The molecule has 11 heteroatoms. The van der Waals surface area contributed by atoms with Gasteiger partial charge in [-0.05, 0) is 25.1 Å². The Morgan fingerprint density at radius 1 is 1.12 bits per heavy atom. The van der Waals surface area contributed by atoms with Gasteiger partial charge in [0, 0.05) is 17.7 Å². The number of alkyl halides is 2. The molecule has 3 rings (SSSR count). The zero-order chi connectivity index (χ0) is 18.4. The first kappa shape index (κ1) is 16.9. The number of nitrogens with one attached hydrogen (secondary N) is 1. The summed E-state index contributed by atoms with van der Waals surface area (Å²) >= 11 is 0. The minimum atomic E-state index is -4.17. The van der Waals surface area contributed by atoms with E-state index in [0.717, 1.165) is 18.2 Å². The van der Waals surface area contributed by atoms with E-state index in [-0.39, 0.29) is 27.8 Å². The molecule has 25 heavy (non-hydrogen) atoms. The molecule has 8 nitrogen and oxygen atoms in total. The van der Waals surface area contributed by atoms with Crippen LogP contribution in [0.15, 0.2) is 41.3 Å². The second kappa shape index (κ2) is 5.55. The molecule has 0 saturated carbocycles. The molecule has 0 aromatic heterocycles. The number of hydrogen-bond acceptors (Lipinski definition) is 6. The molecule has 132 valence electrons. The van der Waals surface area contributed by atoms with Gasteiger partial charge in [0.1, 0.15) is 0 Å². The van der Waals surface area contributed by atoms with Crippen LogP contribution < -0.4 is 14.2 Å². The lowest BCUT2D eigenvalue weighted by Gasteiger charge is -2.09. The lowest BCUT2D eigenvalue weighted by atomic mass is 10.2. The van der Waals surface area contributed by atoms with E-state index in [0.29, 0.717) is 5.56 Å². The fraction of sp³-hybridized carbons (Fsp3) is 0.143. The Morgan fingerprint density at radius 3 is 2.48 bits per heavy atom. The summed E-state index contributed by atoms with van der Waals surface area (Å²) in [5, 5.41) is 10.9. The van der Waals surface area contributed by atoms with Gasteiger partial charge in [-0.15, -0.1) is 8.78 Å². The number of sulfonamides is 1. The van der Waals surface area contributed by atoms with Crippen molar-refractivity contribution in [3.8, 4) is 11.5 Å². The van der Waals surface area contributed by atoms with E-state index in [1.807, 2.05) is 0 Å². The van der Waals surface area contributed by atoms with E-state index in [4.69, 9.17) is 0 Å². The Hall–Kier alpha value is -2.95. The van der Waals surface area contributed by atoms with Crippen molar-refractivity contribution >= 4 is 21.4 Å². The molecule has 0 radical (unpaired) electrons. The number of nitrogens with zero attached hydrogens (tertiary/aromatic N) is 1. The molecule has 1 N–H and O–H groups in total. The molecule has 0 bridgehead atoms. The average Bonchev–Trinajstić information content (AvgIpc) is 2.79. The molecule has 0 atom stereocenters. The Morgan fingerprint density at radius 2 is 1.80 bits per heavy atom. The van der Waals surface area contributed by atoms with E-state index in [2.05, 4.69) is 14.2 Å². The van der Waals surface area contributed by atoms with Crippen LogP contribution in [0.1, 0.15) is 5.56 Å². The maximum absolute atomic E-state index is 13.0. The molecule has 1 aliphatic rings. The highest BCUT2D eigenvalue weighted by Gasteiger charge is 2.43. The van der Waals surface area contributed by atoms with Gasteiger partial charge in [-0.3, -0.25) is 14.8 Å². The van der Waals surface area contributed by atoms with Crippen LogP contribution in [0.2, 0.25) is 0 Å². The molecule has 2 aromatic rings. The number of fused-ring (bicyclic) bond motifs is 1. The van der Waals surface area contributed by atoms with Crippen LogP contribution in [0, 0.1) is 17.0 Å². The largest absolute Gasteiger partial charge is 0.586 e. The first-order chi connectivity index (χ1) is 11.6. The third-order valence-corrected chi connectivity index (χ3v) is 4.72. The highest BCUT2D eigenvalue weighted by Crippen LogP contribution is 2.42. The van der Waals surface area contributed by atoms with E-state index in [1.54, 1.807) is 0 Å². The maximum Gasteiger partial charge on any atom is 0.586 e. The molecule has 0 fully saturated rings. The number of anilines is 1. The van der Waals surface area contributed by atoms with Crippen LogP contribution in [0.25, 0.3) is 0 Å². The van der Waals surface area contributed by atoms with Crippen molar-refractivity contribution in [2.45, 2.75) is 18.1 Å². The Kier molecular flexibility index (Phi) is 3.75. The maximum atomic E-state index is 13.0. The summed E-state index contributed by atoms with van der Waals surface area (Å²) in [5.41, 5.74) is -0.120. The number of ether oxygens (including phenoxy) is 2. The van der Waals surface area contributed by atoms with Crippen LogP contribution in [-0.2, 0) is 10.0 Å². The molecule has 1 heterocycles. The van der Waals surface area contributed by atoms with E-state index in [1.165, 1.54) is 25.1 Å². The number of nitro groups is 1. The van der Waals surface area contributed by atoms with Crippen molar-refractivity contribution in [2.75, 3.05) is 4.72 Å². The molecule has 0 unspecified atom stereocenters. The SMILES string of the molecule is Cc1ccc(S(=O)(=O)Nc2ccc3c(c2)OC(F)(F)O3)cc1[N+](=O)[O-]. The van der Waals surface area contributed by atoms with Gasteiger partial charge in [-0.1, -0.05) is 6.07 Å². The molecule has 0 amide bonds. The van der Waals surface area contributed by atoms with Gasteiger partial charge in [0.15, 0.2) is 11.5 Å². The van der Waals surface area contributed by atoms with Crippen LogP contribution in [-0.4, -0.2) is 19.6 Å². The number of rotatable bonds is 4. The Bertz CT molecular complexity index is 977. The lowest BCUT2D eigenvalue weighted by molar-refractivity contribution is -0.385. The predicted octanol–water partition coefficient (Wildman–Crippen LogP) is 3.03. The molecule has 2 aromatic carbocycles. The third kappa shape index (κ3) is 3.31. The first-order valence-corrected chi connectivity index (χ1v) is 8.23. The minimum absolute atomic E-state index is 0.0664. The summed E-state index contributed by atoms with van der Waals surface area (Å²) in [7, 11) is -4.17. The predicted molar refractivity (Wildman–Crippen MR) is 81.3 cm³/mol. The fourth-order valence-corrected chi connectivity index (χ4v) is 3.25. The van der Waals surface area contributed by atoms with Crippen LogP contribution in [0.4, 0.5) is 20.2 Å². The highest BCUT2D eigenvalue weighted by molar-refractivity contribution is 7.92. The topological polar surface area (TPSA) is 108 Å². The summed E-state index contributed by atoms with van der Waals surface area (Å²) in [6, 6.07) is 6.75. The van der Waals surface area contributed by atoms with Gasteiger partial charge < -0.3 is 9.47 Å². The quantitative estimate of drug-likeness (QED) is 0.653. The summed E-state index contributed by atoms with van der Waals surface area (Å²) < 4.78 is 61.3. The van der Waals surface area contributed by atoms with E-state index >= 15 is 0 Å². The molecule has 0 aliphatic carbocycles. The minimum Gasteiger partial charge on any atom is -0.395 e.